The molecular formula is C9H18OS. The highest BCUT2D eigenvalue weighted by atomic mass is 32.2. The summed E-state index contributed by atoms with van der Waals surface area (Å²) in [5.41, 5.74) is 0. The molecule has 1 rings (SSSR count). The molecule has 0 saturated heterocycles. The van der Waals surface area contributed by atoms with Crippen LogP contribution in [0.4, 0.5) is 0 Å². The van der Waals surface area contributed by atoms with Crippen LogP contribution in [0.1, 0.15) is 38.5 Å². The predicted molar refractivity (Wildman–Crippen MR) is 50.1 cm³/mol. The Bertz CT molecular complexity index is 130. The van der Waals surface area contributed by atoms with Crippen molar-refractivity contribution in [1.82, 2.24) is 0 Å². The molecule has 0 heterocycles. The SMILES string of the molecule is CS(=O)CCCCCC1CC1. The molecule has 1 unspecified atom stereocenters. The zero-order chi connectivity index (χ0) is 8.10. The van der Waals surface area contributed by atoms with E-state index in [0.29, 0.717) is 0 Å². The minimum atomic E-state index is -0.564. The molecule has 1 atom stereocenters. The van der Waals surface area contributed by atoms with E-state index < -0.39 is 10.8 Å². The van der Waals surface area contributed by atoms with Crippen molar-refractivity contribution in [2.24, 2.45) is 5.92 Å². The maximum absolute atomic E-state index is 10.7. The van der Waals surface area contributed by atoms with Crippen LogP contribution in [0, 0.1) is 5.92 Å². The van der Waals surface area contributed by atoms with Gasteiger partial charge in [0.05, 0.1) is 0 Å². The quantitative estimate of drug-likeness (QED) is 0.565. The Morgan fingerprint density at radius 2 is 2.00 bits per heavy atom. The summed E-state index contributed by atoms with van der Waals surface area (Å²) in [5.74, 6) is 1.98. The first-order chi connectivity index (χ1) is 5.29. The van der Waals surface area contributed by atoms with Gasteiger partial charge in [-0.25, -0.2) is 0 Å². The maximum Gasteiger partial charge on any atom is 0.0232 e. The van der Waals surface area contributed by atoms with Crippen molar-refractivity contribution < 1.29 is 4.21 Å². The Balaban J connectivity index is 1.76. The summed E-state index contributed by atoms with van der Waals surface area (Å²) in [6.07, 6.45) is 9.98. The van der Waals surface area contributed by atoms with E-state index in [1.807, 2.05) is 0 Å². The van der Waals surface area contributed by atoms with Gasteiger partial charge in [0.15, 0.2) is 0 Å². The number of hydrogen-bond acceptors (Lipinski definition) is 1. The van der Waals surface area contributed by atoms with Gasteiger partial charge < -0.3 is 0 Å². The monoisotopic (exact) mass is 174 g/mol. The third kappa shape index (κ3) is 5.42. The summed E-state index contributed by atoms with van der Waals surface area (Å²) in [7, 11) is -0.564. The molecule has 0 amide bonds. The second-order valence-electron chi connectivity index (χ2n) is 3.57. The maximum atomic E-state index is 10.7. The lowest BCUT2D eigenvalue weighted by atomic mass is 10.1. The van der Waals surface area contributed by atoms with E-state index in [9.17, 15) is 4.21 Å². The average Bonchev–Trinajstić information content (AvgIpc) is 2.70. The van der Waals surface area contributed by atoms with E-state index in [1.165, 1.54) is 32.1 Å². The molecule has 0 N–H and O–H groups in total. The molecule has 0 aromatic carbocycles. The summed E-state index contributed by atoms with van der Waals surface area (Å²) in [4.78, 5) is 0. The van der Waals surface area contributed by atoms with Gasteiger partial charge in [-0.2, -0.15) is 0 Å². The van der Waals surface area contributed by atoms with E-state index in [0.717, 1.165) is 18.1 Å². The van der Waals surface area contributed by atoms with Crippen molar-refractivity contribution in [1.29, 1.82) is 0 Å². The first-order valence-electron chi connectivity index (χ1n) is 4.59. The van der Waals surface area contributed by atoms with E-state index >= 15 is 0 Å². The van der Waals surface area contributed by atoms with Crippen LogP contribution in [0.25, 0.3) is 0 Å². The molecule has 0 bridgehead atoms. The van der Waals surface area contributed by atoms with Crippen LogP contribution >= 0.6 is 0 Å². The van der Waals surface area contributed by atoms with Gasteiger partial charge in [0.1, 0.15) is 0 Å². The van der Waals surface area contributed by atoms with Crippen molar-refractivity contribution in [2.75, 3.05) is 12.0 Å². The third-order valence-corrected chi connectivity index (χ3v) is 3.10. The minimum Gasteiger partial charge on any atom is -0.260 e. The summed E-state index contributed by atoms with van der Waals surface area (Å²) in [6.45, 7) is 0. The summed E-state index contributed by atoms with van der Waals surface area (Å²) < 4.78 is 10.7. The third-order valence-electron chi connectivity index (χ3n) is 2.24. The minimum absolute atomic E-state index is 0.564. The van der Waals surface area contributed by atoms with Crippen LogP contribution in [0.3, 0.4) is 0 Å². The molecule has 0 aromatic rings. The van der Waals surface area contributed by atoms with E-state index in [1.54, 1.807) is 6.26 Å². The second kappa shape index (κ2) is 4.91. The zero-order valence-electron chi connectivity index (χ0n) is 7.34. The van der Waals surface area contributed by atoms with Gasteiger partial charge in [0.2, 0.25) is 0 Å². The van der Waals surface area contributed by atoms with Crippen LogP contribution in [0.15, 0.2) is 0 Å². The van der Waals surface area contributed by atoms with Crippen molar-refractivity contribution in [3.05, 3.63) is 0 Å². The summed E-state index contributed by atoms with van der Waals surface area (Å²) >= 11 is 0. The molecule has 66 valence electrons. The molecule has 2 heteroatoms. The van der Waals surface area contributed by atoms with Crippen molar-refractivity contribution in [3.63, 3.8) is 0 Å². The van der Waals surface area contributed by atoms with Gasteiger partial charge in [0.25, 0.3) is 0 Å². The highest BCUT2D eigenvalue weighted by Crippen LogP contribution is 2.33. The second-order valence-corrected chi connectivity index (χ2v) is 5.12. The van der Waals surface area contributed by atoms with Crippen LogP contribution < -0.4 is 0 Å². The molecule has 1 saturated carbocycles. The Labute approximate surface area is 72.0 Å². The van der Waals surface area contributed by atoms with Gasteiger partial charge >= 0.3 is 0 Å². The van der Waals surface area contributed by atoms with E-state index in [2.05, 4.69) is 0 Å². The largest absolute Gasteiger partial charge is 0.260 e. The van der Waals surface area contributed by atoms with E-state index in [-0.39, 0.29) is 0 Å². The molecule has 0 spiro atoms. The fraction of sp³-hybridized carbons (Fsp3) is 1.00. The zero-order valence-corrected chi connectivity index (χ0v) is 8.16. The topological polar surface area (TPSA) is 17.1 Å². The van der Waals surface area contributed by atoms with Gasteiger partial charge in [-0.05, 0) is 12.3 Å². The normalized spacial score (nSPS) is 20.1. The van der Waals surface area contributed by atoms with Gasteiger partial charge in [-0.3, -0.25) is 4.21 Å². The molecule has 0 radical (unpaired) electrons. The van der Waals surface area contributed by atoms with Crippen molar-refractivity contribution in [2.45, 2.75) is 38.5 Å². The molecule has 11 heavy (non-hydrogen) atoms. The smallest absolute Gasteiger partial charge is 0.0232 e. The van der Waals surface area contributed by atoms with Crippen LogP contribution in [0.5, 0.6) is 0 Å². The molecule has 1 nitrogen and oxygen atoms in total. The molecule has 1 aliphatic carbocycles. The number of rotatable bonds is 6. The fourth-order valence-electron chi connectivity index (χ4n) is 1.32. The highest BCUT2D eigenvalue weighted by Gasteiger charge is 2.19. The first-order valence-corrected chi connectivity index (χ1v) is 6.32. The van der Waals surface area contributed by atoms with Crippen LogP contribution in [0.2, 0.25) is 0 Å². The lowest BCUT2D eigenvalue weighted by molar-refractivity contribution is 0.618. The Hall–Kier alpha value is 0.150. The standard InChI is InChI=1S/C9H18OS/c1-11(10)8-4-2-3-5-9-6-7-9/h9H,2-8H2,1H3. The Morgan fingerprint density at radius 3 is 2.55 bits per heavy atom. The first kappa shape index (κ1) is 9.24. The molecular weight excluding hydrogens is 156 g/mol. The lowest BCUT2D eigenvalue weighted by Gasteiger charge is -1.97. The van der Waals surface area contributed by atoms with Crippen molar-refractivity contribution >= 4 is 10.8 Å². The van der Waals surface area contributed by atoms with Gasteiger partial charge in [0, 0.05) is 22.8 Å². The summed E-state index contributed by atoms with van der Waals surface area (Å²) in [6, 6.07) is 0. The highest BCUT2D eigenvalue weighted by molar-refractivity contribution is 7.84. The molecule has 0 aliphatic heterocycles. The lowest BCUT2D eigenvalue weighted by Crippen LogP contribution is -1.93. The summed E-state index contributed by atoms with van der Waals surface area (Å²) in [5, 5.41) is 0. The van der Waals surface area contributed by atoms with Crippen molar-refractivity contribution in [3.8, 4) is 0 Å². The van der Waals surface area contributed by atoms with Crippen LogP contribution in [-0.4, -0.2) is 16.2 Å². The number of unbranched alkanes of at least 4 members (excludes halogenated alkanes) is 2. The van der Waals surface area contributed by atoms with Gasteiger partial charge in [-0.1, -0.05) is 32.1 Å². The number of hydrogen-bond donors (Lipinski definition) is 0. The molecule has 1 aliphatic rings. The average molecular weight is 174 g/mol. The molecule has 0 aromatic heterocycles. The molecule has 1 fully saturated rings. The Kier molecular flexibility index (Phi) is 4.13. The Morgan fingerprint density at radius 1 is 1.27 bits per heavy atom. The fourth-order valence-corrected chi connectivity index (χ4v) is 1.93. The van der Waals surface area contributed by atoms with E-state index in [4.69, 9.17) is 0 Å². The van der Waals surface area contributed by atoms with Gasteiger partial charge in [-0.15, -0.1) is 0 Å². The van der Waals surface area contributed by atoms with Crippen LogP contribution in [-0.2, 0) is 10.8 Å². The predicted octanol–water partition coefficient (Wildman–Crippen LogP) is 2.34.